The van der Waals surface area contributed by atoms with Gasteiger partial charge in [-0.25, -0.2) is 0 Å². The van der Waals surface area contributed by atoms with Crippen LogP contribution in [0.15, 0.2) is 35.0 Å². The van der Waals surface area contributed by atoms with Crippen LogP contribution in [0, 0.1) is 0 Å². The van der Waals surface area contributed by atoms with E-state index < -0.39 is 9.04 Å². The lowest BCUT2D eigenvalue weighted by molar-refractivity contribution is 0.663. The molecule has 2 aromatic heterocycles. The lowest BCUT2D eigenvalue weighted by Gasteiger charge is -2.09. The van der Waals surface area contributed by atoms with Crippen LogP contribution < -0.4 is 9.00 Å². The molecule has 0 saturated carbocycles. The van der Waals surface area contributed by atoms with Gasteiger partial charge >= 0.3 is 0 Å². The third kappa shape index (κ3) is 2.00. The van der Waals surface area contributed by atoms with E-state index in [-0.39, 0.29) is 0 Å². The summed E-state index contributed by atoms with van der Waals surface area (Å²) >= 11 is 3.64. The zero-order valence-corrected chi connectivity index (χ0v) is 12.1. The van der Waals surface area contributed by atoms with Gasteiger partial charge in [-0.15, -0.1) is 0 Å². The second-order valence-corrected chi connectivity index (χ2v) is 9.33. The van der Waals surface area contributed by atoms with Crippen molar-refractivity contribution in [1.82, 2.24) is 0 Å². The Hall–Kier alpha value is -0.206. The summed E-state index contributed by atoms with van der Waals surface area (Å²) in [5, 5.41) is 4.26. The van der Waals surface area contributed by atoms with Crippen molar-refractivity contribution in [3.8, 4) is 0 Å². The summed E-state index contributed by atoms with van der Waals surface area (Å²) in [5.41, 5.74) is 0. The van der Waals surface area contributed by atoms with Crippen LogP contribution in [0.2, 0.25) is 0 Å². The van der Waals surface area contributed by atoms with Gasteiger partial charge in [-0.1, -0.05) is 12.1 Å². The maximum absolute atomic E-state index is 5.74. The predicted octanol–water partition coefficient (Wildman–Crippen LogP) is -0.0554. The van der Waals surface area contributed by atoms with Gasteiger partial charge < -0.3 is 4.12 Å². The summed E-state index contributed by atoms with van der Waals surface area (Å²) in [4.78, 5) is 0. The molecule has 5 heteroatoms. The van der Waals surface area contributed by atoms with Crippen LogP contribution in [-0.4, -0.2) is 19.5 Å². The van der Waals surface area contributed by atoms with Crippen molar-refractivity contribution in [3.63, 3.8) is 0 Å². The molecule has 0 bridgehead atoms. The van der Waals surface area contributed by atoms with E-state index in [1.807, 2.05) is 22.7 Å². The van der Waals surface area contributed by atoms with E-state index in [0.717, 1.165) is 10.5 Å². The zero-order chi connectivity index (χ0) is 9.10. The Morgan fingerprint density at radius 2 is 1.62 bits per heavy atom. The Labute approximate surface area is 90.3 Å². The third-order valence-corrected chi connectivity index (χ3v) is 8.65. The third-order valence-electron chi connectivity index (χ3n) is 1.84. The Balaban J connectivity index is 2.29. The molecule has 2 aromatic rings. The Morgan fingerprint density at radius 1 is 1.08 bits per heavy atom. The molecule has 68 valence electrons. The highest BCUT2D eigenvalue weighted by molar-refractivity contribution is 7.30. The molecule has 0 unspecified atom stereocenters. The molecule has 0 radical (unpaired) electrons. The Morgan fingerprint density at radius 3 is 1.92 bits per heavy atom. The van der Waals surface area contributed by atoms with Crippen LogP contribution in [0.25, 0.3) is 0 Å². The quantitative estimate of drug-likeness (QED) is 0.686. The highest BCUT2D eigenvalue weighted by Crippen LogP contribution is 2.02. The first kappa shape index (κ1) is 9.35. The van der Waals surface area contributed by atoms with E-state index in [0.29, 0.717) is 0 Å². The first-order valence-electron chi connectivity index (χ1n) is 4.01. The van der Waals surface area contributed by atoms with E-state index in [2.05, 4.69) is 35.0 Å². The fourth-order valence-electron chi connectivity index (χ4n) is 1.25. The minimum Gasteiger partial charge on any atom is -0.459 e. The molecule has 0 amide bonds. The van der Waals surface area contributed by atoms with Crippen LogP contribution in [-0.2, 0) is 4.12 Å². The summed E-state index contributed by atoms with van der Waals surface area (Å²) < 4.78 is 8.62. The molecule has 0 aliphatic carbocycles. The predicted molar refractivity (Wildman–Crippen MR) is 66.1 cm³/mol. The van der Waals surface area contributed by atoms with Gasteiger partial charge in [0.25, 0.3) is 0 Å². The molecular formula is C8H10OS2Si2. The Bertz CT molecular complexity index is 310. The van der Waals surface area contributed by atoms with Crippen molar-refractivity contribution in [2.45, 2.75) is 0 Å². The van der Waals surface area contributed by atoms with Gasteiger partial charge in [-0.2, -0.15) is 22.7 Å². The van der Waals surface area contributed by atoms with Crippen molar-refractivity contribution in [2.24, 2.45) is 0 Å². The SMILES string of the molecule is [SiH3]O[SiH](c1cccs1)c1cccs1. The molecule has 2 rings (SSSR count). The van der Waals surface area contributed by atoms with Crippen LogP contribution in [0.5, 0.6) is 0 Å². The fraction of sp³-hybridized carbons (Fsp3) is 0. The smallest absolute Gasteiger partial charge is 0.248 e. The molecule has 0 atom stereocenters. The highest BCUT2D eigenvalue weighted by atomic mass is 32.1. The van der Waals surface area contributed by atoms with Gasteiger partial charge in [0.05, 0.1) is 0 Å². The molecule has 0 aliphatic heterocycles. The zero-order valence-electron chi connectivity index (χ0n) is 7.27. The van der Waals surface area contributed by atoms with E-state index >= 15 is 0 Å². The normalized spacial score (nSPS) is 11.2. The van der Waals surface area contributed by atoms with Gasteiger partial charge in [0.2, 0.25) is 9.04 Å². The summed E-state index contributed by atoms with van der Waals surface area (Å²) in [6.07, 6.45) is 0. The molecule has 0 spiro atoms. The van der Waals surface area contributed by atoms with Crippen molar-refractivity contribution in [3.05, 3.63) is 35.0 Å². The average molecular weight is 242 g/mol. The lowest BCUT2D eigenvalue weighted by Crippen LogP contribution is -2.41. The van der Waals surface area contributed by atoms with E-state index in [1.54, 1.807) is 0 Å². The standard InChI is InChI=1S/C8H10OS2Si2/c12-9-13(7-3-1-5-10-7)8-4-2-6-11-8/h1-6,13H,12H3. The number of hydrogen-bond acceptors (Lipinski definition) is 3. The van der Waals surface area contributed by atoms with E-state index in [1.165, 1.54) is 9.00 Å². The van der Waals surface area contributed by atoms with Gasteiger partial charge in [-0.3, -0.25) is 0 Å². The van der Waals surface area contributed by atoms with Crippen LogP contribution >= 0.6 is 22.7 Å². The van der Waals surface area contributed by atoms with Crippen molar-refractivity contribution >= 4 is 51.2 Å². The maximum Gasteiger partial charge on any atom is 0.248 e. The molecule has 1 nitrogen and oxygen atoms in total. The van der Waals surface area contributed by atoms with Crippen molar-refractivity contribution < 1.29 is 4.12 Å². The first-order valence-corrected chi connectivity index (χ1v) is 8.21. The summed E-state index contributed by atoms with van der Waals surface area (Å²) in [6, 6.07) is 8.60. The molecule has 0 saturated heterocycles. The number of thiophene rings is 2. The highest BCUT2D eigenvalue weighted by Gasteiger charge is 2.17. The van der Waals surface area contributed by atoms with Gasteiger partial charge in [0.15, 0.2) is 0 Å². The monoisotopic (exact) mass is 242 g/mol. The lowest BCUT2D eigenvalue weighted by atomic mass is 10.7. The number of hydrogen-bond donors (Lipinski definition) is 0. The molecule has 0 fully saturated rings. The fourth-order valence-corrected chi connectivity index (χ4v) is 9.08. The summed E-state index contributed by atoms with van der Waals surface area (Å²) in [5.74, 6) is 0. The minimum absolute atomic E-state index is 0.840. The first-order chi connectivity index (χ1) is 6.42. The van der Waals surface area contributed by atoms with Crippen molar-refractivity contribution in [1.29, 1.82) is 0 Å². The second-order valence-electron chi connectivity index (χ2n) is 2.65. The summed E-state index contributed by atoms with van der Waals surface area (Å²) in [6.45, 7) is 0. The van der Waals surface area contributed by atoms with E-state index in [9.17, 15) is 0 Å². The molecule has 0 N–H and O–H groups in total. The van der Waals surface area contributed by atoms with Crippen molar-refractivity contribution in [2.75, 3.05) is 0 Å². The topological polar surface area (TPSA) is 9.23 Å². The molecule has 2 heterocycles. The second kappa shape index (κ2) is 4.34. The molecule has 0 aliphatic rings. The average Bonchev–Trinajstić information content (AvgIpc) is 2.76. The molecule has 13 heavy (non-hydrogen) atoms. The van der Waals surface area contributed by atoms with Crippen LogP contribution in [0.4, 0.5) is 0 Å². The summed E-state index contributed by atoms with van der Waals surface area (Å²) in [7, 11) is -0.393. The van der Waals surface area contributed by atoms with Gasteiger partial charge in [0.1, 0.15) is 10.5 Å². The maximum atomic E-state index is 5.74. The molecular weight excluding hydrogens is 232 g/mol. The number of rotatable bonds is 3. The van der Waals surface area contributed by atoms with Crippen LogP contribution in [0.1, 0.15) is 0 Å². The van der Waals surface area contributed by atoms with Gasteiger partial charge in [-0.05, 0) is 22.9 Å². The van der Waals surface area contributed by atoms with Crippen LogP contribution in [0.3, 0.4) is 0 Å². The van der Waals surface area contributed by atoms with Gasteiger partial charge in [0, 0.05) is 9.00 Å². The minimum atomic E-state index is -1.23. The largest absolute Gasteiger partial charge is 0.459 e. The molecule has 0 aromatic carbocycles. The van der Waals surface area contributed by atoms with E-state index in [4.69, 9.17) is 4.12 Å². The Kier molecular flexibility index (Phi) is 3.12.